The number of hydrogen-bond donors (Lipinski definition) is 0. The van der Waals surface area contributed by atoms with Gasteiger partial charge in [-0.25, -0.2) is 0 Å². The molecule has 1 aromatic rings. The van der Waals surface area contributed by atoms with Crippen molar-refractivity contribution in [1.82, 2.24) is 0 Å². The van der Waals surface area contributed by atoms with E-state index in [0.717, 1.165) is 10.1 Å². The summed E-state index contributed by atoms with van der Waals surface area (Å²) in [7, 11) is 0. The molecule has 18 heavy (non-hydrogen) atoms. The first-order valence-corrected chi connectivity index (χ1v) is 6.83. The minimum Gasteiger partial charge on any atom is -0.261 e. The van der Waals surface area contributed by atoms with Crippen molar-refractivity contribution >= 4 is 28.1 Å². The number of benzene rings is 1. The number of aliphatic imine (C=N–C) groups is 1. The summed E-state index contributed by atoms with van der Waals surface area (Å²) >= 11 is 1.62. The lowest BCUT2D eigenvalue weighted by Crippen LogP contribution is -2.10. The second-order valence-electron chi connectivity index (χ2n) is 5.51. The first-order chi connectivity index (χ1) is 8.54. The molecular weight excluding hydrogens is 242 g/mol. The van der Waals surface area contributed by atoms with Gasteiger partial charge in [0.2, 0.25) is 0 Å². The lowest BCUT2D eigenvalue weighted by Gasteiger charge is -2.19. The van der Waals surface area contributed by atoms with Crippen LogP contribution in [-0.2, 0) is 5.41 Å². The average molecular weight is 257 g/mol. The highest BCUT2D eigenvalue weighted by atomic mass is 32.2. The van der Waals surface area contributed by atoms with Gasteiger partial charge >= 0.3 is 0 Å². The van der Waals surface area contributed by atoms with Gasteiger partial charge in [0, 0.05) is 5.56 Å². The van der Waals surface area contributed by atoms with Crippen molar-refractivity contribution in [3.8, 4) is 0 Å². The Hall–Kier alpha value is -1.42. The van der Waals surface area contributed by atoms with Crippen molar-refractivity contribution in [1.29, 1.82) is 0 Å². The Morgan fingerprint density at radius 2 is 1.83 bits per heavy atom. The van der Waals surface area contributed by atoms with E-state index in [1.165, 1.54) is 11.1 Å². The molecule has 92 valence electrons. The standard InChI is InChI=1S/C14H15N3S/c1-14(2,3)10-6-4-9(5-7-10)12-16-11-8-15-17-13(11)18-12/h4-8,11H,1-3H3/t11-/m1/s1. The highest BCUT2D eigenvalue weighted by Crippen LogP contribution is 2.29. The monoisotopic (exact) mass is 257 g/mol. The van der Waals surface area contributed by atoms with E-state index in [0.29, 0.717) is 0 Å². The Morgan fingerprint density at radius 1 is 1.11 bits per heavy atom. The molecule has 0 radical (unpaired) electrons. The van der Waals surface area contributed by atoms with Crippen LogP contribution in [0.4, 0.5) is 0 Å². The summed E-state index contributed by atoms with van der Waals surface area (Å²) in [5.74, 6) is 0. The van der Waals surface area contributed by atoms with Gasteiger partial charge in [-0.2, -0.15) is 5.10 Å². The van der Waals surface area contributed by atoms with Crippen LogP contribution < -0.4 is 0 Å². The summed E-state index contributed by atoms with van der Waals surface area (Å²) in [6, 6.07) is 8.72. The molecule has 0 spiro atoms. The number of nitrogens with zero attached hydrogens (tertiary/aromatic N) is 3. The molecule has 0 fully saturated rings. The molecule has 4 heteroatoms. The van der Waals surface area contributed by atoms with E-state index in [9.17, 15) is 0 Å². The van der Waals surface area contributed by atoms with E-state index >= 15 is 0 Å². The topological polar surface area (TPSA) is 37.1 Å². The Balaban J connectivity index is 1.87. The minimum absolute atomic E-state index is 0.0623. The SMILES string of the molecule is CC(C)(C)c1ccc(C2=N[C@@H]3C=NN=C3S2)cc1. The molecule has 0 bridgehead atoms. The highest BCUT2D eigenvalue weighted by Gasteiger charge is 2.28. The maximum Gasteiger partial charge on any atom is 0.138 e. The Bertz CT molecular complexity index is 562. The van der Waals surface area contributed by atoms with Crippen LogP contribution in [-0.4, -0.2) is 22.3 Å². The Morgan fingerprint density at radius 3 is 2.44 bits per heavy atom. The molecular formula is C14H15N3S. The smallest absolute Gasteiger partial charge is 0.138 e. The van der Waals surface area contributed by atoms with E-state index in [4.69, 9.17) is 0 Å². The fourth-order valence-electron chi connectivity index (χ4n) is 1.94. The molecule has 1 atom stereocenters. The van der Waals surface area contributed by atoms with Gasteiger partial charge in [0.1, 0.15) is 16.1 Å². The maximum absolute atomic E-state index is 4.61. The molecule has 3 nitrogen and oxygen atoms in total. The minimum atomic E-state index is 0.0623. The molecule has 0 N–H and O–H groups in total. The van der Waals surface area contributed by atoms with Gasteiger partial charge in [-0.1, -0.05) is 45.0 Å². The van der Waals surface area contributed by atoms with Crippen molar-refractivity contribution in [2.75, 3.05) is 0 Å². The van der Waals surface area contributed by atoms with Gasteiger partial charge in [-0.15, -0.1) is 5.10 Å². The zero-order valence-corrected chi connectivity index (χ0v) is 11.5. The molecule has 0 saturated heterocycles. The molecule has 0 aliphatic carbocycles. The summed E-state index contributed by atoms with van der Waals surface area (Å²) in [5, 5.41) is 9.98. The van der Waals surface area contributed by atoms with Crippen LogP contribution in [0.15, 0.2) is 39.5 Å². The van der Waals surface area contributed by atoms with Crippen LogP contribution in [0.25, 0.3) is 0 Å². The van der Waals surface area contributed by atoms with Crippen molar-refractivity contribution in [3.63, 3.8) is 0 Å². The molecule has 0 saturated carbocycles. The van der Waals surface area contributed by atoms with Gasteiger partial charge < -0.3 is 0 Å². The average Bonchev–Trinajstić information content (AvgIpc) is 2.88. The van der Waals surface area contributed by atoms with Crippen LogP contribution >= 0.6 is 11.8 Å². The second-order valence-corrected chi connectivity index (χ2v) is 6.52. The van der Waals surface area contributed by atoms with E-state index < -0.39 is 0 Å². The molecule has 0 amide bonds. The largest absolute Gasteiger partial charge is 0.261 e. The second kappa shape index (κ2) is 4.05. The molecule has 2 aliphatic rings. The lowest BCUT2D eigenvalue weighted by atomic mass is 9.87. The van der Waals surface area contributed by atoms with Crippen molar-refractivity contribution in [2.24, 2.45) is 15.2 Å². The van der Waals surface area contributed by atoms with Crippen LogP contribution in [0, 0.1) is 0 Å². The third kappa shape index (κ3) is 2.01. The fraction of sp³-hybridized carbons (Fsp3) is 0.357. The quantitative estimate of drug-likeness (QED) is 0.761. The summed E-state index contributed by atoms with van der Waals surface area (Å²) in [5.41, 5.74) is 2.70. The zero-order valence-electron chi connectivity index (χ0n) is 10.7. The third-order valence-electron chi connectivity index (χ3n) is 3.07. The van der Waals surface area contributed by atoms with Crippen molar-refractivity contribution < 1.29 is 0 Å². The zero-order chi connectivity index (χ0) is 12.8. The van der Waals surface area contributed by atoms with Crippen LogP contribution in [0.3, 0.4) is 0 Å². The molecule has 0 unspecified atom stereocenters. The van der Waals surface area contributed by atoms with E-state index in [2.05, 4.69) is 60.2 Å². The van der Waals surface area contributed by atoms with E-state index in [1.54, 1.807) is 18.0 Å². The summed E-state index contributed by atoms with van der Waals surface area (Å²) in [4.78, 5) is 4.61. The van der Waals surface area contributed by atoms with Crippen molar-refractivity contribution in [2.45, 2.75) is 32.2 Å². The van der Waals surface area contributed by atoms with E-state index in [-0.39, 0.29) is 11.5 Å². The molecule has 3 rings (SSSR count). The van der Waals surface area contributed by atoms with Gasteiger partial charge in [0.25, 0.3) is 0 Å². The molecule has 1 aromatic carbocycles. The first-order valence-electron chi connectivity index (χ1n) is 6.02. The summed E-state index contributed by atoms with van der Waals surface area (Å²) < 4.78 is 0. The van der Waals surface area contributed by atoms with E-state index in [1.807, 2.05) is 0 Å². The molecule has 0 aromatic heterocycles. The van der Waals surface area contributed by atoms with Gasteiger partial charge in [0.15, 0.2) is 0 Å². The summed E-state index contributed by atoms with van der Waals surface area (Å²) in [6.45, 7) is 6.66. The predicted molar refractivity (Wildman–Crippen MR) is 79.0 cm³/mol. The van der Waals surface area contributed by atoms with Gasteiger partial charge in [-0.3, -0.25) is 4.99 Å². The fourth-order valence-corrected chi connectivity index (χ4v) is 2.88. The molecule has 2 aliphatic heterocycles. The number of hydrogen-bond acceptors (Lipinski definition) is 4. The van der Waals surface area contributed by atoms with Crippen LogP contribution in [0.2, 0.25) is 0 Å². The molecule has 2 heterocycles. The Labute approximate surface area is 111 Å². The third-order valence-corrected chi connectivity index (χ3v) is 4.14. The van der Waals surface area contributed by atoms with Crippen LogP contribution in [0.5, 0.6) is 0 Å². The van der Waals surface area contributed by atoms with Gasteiger partial charge in [0.05, 0.1) is 6.21 Å². The highest BCUT2D eigenvalue weighted by molar-refractivity contribution is 8.27. The summed E-state index contributed by atoms with van der Waals surface area (Å²) in [6.07, 6.45) is 1.79. The van der Waals surface area contributed by atoms with Crippen LogP contribution in [0.1, 0.15) is 31.9 Å². The number of fused-ring (bicyclic) bond motifs is 1. The number of rotatable bonds is 1. The van der Waals surface area contributed by atoms with Crippen molar-refractivity contribution in [3.05, 3.63) is 35.4 Å². The predicted octanol–water partition coefficient (Wildman–Crippen LogP) is 3.24. The maximum atomic E-state index is 4.61. The Kier molecular flexibility index (Phi) is 2.63. The lowest BCUT2D eigenvalue weighted by molar-refractivity contribution is 0.590. The number of thioether (sulfide) groups is 1. The normalized spacial score (nSPS) is 21.8. The van der Waals surface area contributed by atoms with Gasteiger partial charge in [-0.05, 0) is 22.7 Å². The first kappa shape index (κ1) is 11.7.